The van der Waals surface area contributed by atoms with Crippen LogP contribution in [0.4, 0.5) is 45.5 Å². The van der Waals surface area contributed by atoms with Crippen LogP contribution in [0.25, 0.3) is 0 Å². The fourth-order valence-electron chi connectivity index (χ4n) is 15.9. The van der Waals surface area contributed by atoms with Crippen molar-refractivity contribution in [1.82, 2.24) is 18.1 Å². The fraction of sp³-hybridized carbons (Fsp3) is 0.409. The summed E-state index contributed by atoms with van der Waals surface area (Å²) in [5.74, 6) is -1.42. The topological polar surface area (TPSA) is 284 Å². The predicted octanol–water partition coefficient (Wildman–Crippen LogP) is 18.4. The highest BCUT2D eigenvalue weighted by Gasteiger charge is 2.40. The van der Waals surface area contributed by atoms with E-state index in [1.54, 1.807) is 114 Å². The average molecular weight is 1600 g/mol. The van der Waals surface area contributed by atoms with Crippen LogP contribution < -0.4 is 30.7 Å². The van der Waals surface area contributed by atoms with Crippen molar-refractivity contribution in [2.24, 2.45) is 0 Å². The van der Waals surface area contributed by atoms with Crippen LogP contribution in [0.15, 0.2) is 117 Å². The lowest BCUT2D eigenvalue weighted by atomic mass is 9.82. The summed E-state index contributed by atoms with van der Waals surface area (Å²) in [5.41, 5.74) is 13.3. The number of nitrogens with one attached hydrogen (secondary N) is 6. The number of sulfonamides is 4. The van der Waals surface area contributed by atoms with E-state index in [4.69, 9.17) is 0 Å². The van der Waals surface area contributed by atoms with Gasteiger partial charge in [0.15, 0.2) is 23.1 Å². The molecule has 600 valence electrons. The molecule has 0 heterocycles. The van der Waals surface area contributed by atoms with E-state index in [1.165, 1.54) is 8.61 Å². The number of rotatable bonds is 32. The summed E-state index contributed by atoms with van der Waals surface area (Å²) in [5, 5.41) is 13.8. The van der Waals surface area contributed by atoms with Gasteiger partial charge in [0.2, 0.25) is 40.1 Å². The molecule has 2 atom stereocenters. The first kappa shape index (κ1) is 87.2. The van der Waals surface area contributed by atoms with Crippen LogP contribution in [0.5, 0.6) is 0 Å². The van der Waals surface area contributed by atoms with Crippen molar-refractivity contribution >= 4 is 109 Å². The summed E-state index contributed by atoms with van der Waals surface area (Å²) in [6.45, 7) is 39.2. The Hall–Kier alpha value is -8.72. The molecule has 10 rings (SSSR count). The lowest BCUT2D eigenvalue weighted by molar-refractivity contribution is 0.0980. The van der Waals surface area contributed by atoms with Gasteiger partial charge in [0.25, 0.3) is 0 Å². The van der Waals surface area contributed by atoms with E-state index < -0.39 is 40.1 Å². The minimum Gasteiger partial charge on any atom is -0.354 e. The third-order valence-electron chi connectivity index (χ3n) is 21.3. The SMILES string of the molecule is CCCN(CCC)S(=O)(=O)c1c(C)cc(C)c(Nc2ccc(Nc3c(C)cc(C)c(S(=O)(=O)N(CCC)CCC)c3C)c3c2C(=O)c2ccccc2C3=O)c1C.CCc1cc(C)c(S(=O)(=O)NC(C)CC)c(CC)c1Nc1ccc(Nc2c(CC)cc(C)c(S(=O)(=O)NC(C)CC)c2CC)c2c1C(=O)c1ccccc1C2=O. The smallest absolute Gasteiger partial charge is 0.243 e. The Morgan fingerprint density at radius 3 is 0.830 bits per heavy atom. The molecule has 2 aliphatic carbocycles. The highest BCUT2D eigenvalue weighted by molar-refractivity contribution is 7.90. The summed E-state index contributed by atoms with van der Waals surface area (Å²) in [6.07, 6.45) is 5.87. The number of fused-ring (bicyclic) bond motifs is 4. The molecule has 0 saturated carbocycles. The first-order chi connectivity index (χ1) is 53.0. The largest absolute Gasteiger partial charge is 0.354 e. The van der Waals surface area contributed by atoms with Gasteiger partial charge in [-0.1, -0.05) is 142 Å². The van der Waals surface area contributed by atoms with Gasteiger partial charge in [0, 0.05) is 83.3 Å². The zero-order chi connectivity index (χ0) is 82.5. The number of hydrogen-bond donors (Lipinski definition) is 6. The third kappa shape index (κ3) is 16.9. The van der Waals surface area contributed by atoms with E-state index in [0.717, 1.165) is 22.3 Å². The summed E-state index contributed by atoms with van der Waals surface area (Å²) in [7, 11) is -15.5. The second kappa shape index (κ2) is 35.8. The number of ketones is 4. The van der Waals surface area contributed by atoms with Crippen LogP contribution in [0.3, 0.4) is 0 Å². The molecule has 24 heteroatoms. The van der Waals surface area contributed by atoms with Gasteiger partial charge >= 0.3 is 0 Å². The van der Waals surface area contributed by atoms with Gasteiger partial charge in [0.05, 0.1) is 64.6 Å². The maximum Gasteiger partial charge on any atom is 0.243 e. The van der Waals surface area contributed by atoms with Crippen LogP contribution in [0.1, 0.15) is 252 Å². The zero-order valence-corrected chi connectivity index (χ0v) is 72.0. The average Bonchev–Trinajstić information content (AvgIpc) is 0.733. The van der Waals surface area contributed by atoms with Crippen LogP contribution in [-0.4, -0.2) is 104 Å². The Kier molecular flexibility index (Phi) is 27.9. The van der Waals surface area contributed by atoms with Crippen molar-refractivity contribution in [1.29, 1.82) is 0 Å². The van der Waals surface area contributed by atoms with Crippen molar-refractivity contribution in [3.8, 4) is 0 Å². The van der Waals surface area contributed by atoms with E-state index in [0.29, 0.717) is 180 Å². The summed E-state index contributed by atoms with van der Waals surface area (Å²) in [6, 6.07) is 27.2. The maximum absolute atomic E-state index is 14.6. The summed E-state index contributed by atoms with van der Waals surface area (Å²) < 4.78 is 121. The highest BCUT2D eigenvalue weighted by atomic mass is 32.2. The second-order valence-corrected chi connectivity index (χ2v) is 36.6. The van der Waals surface area contributed by atoms with Crippen LogP contribution in [-0.2, 0) is 65.8 Å². The van der Waals surface area contributed by atoms with Crippen LogP contribution >= 0.6 is 0 Å². The van der Waals surface area contributed by atoms with E-state index in [1.807, 2.05) is 121 Å². The molecular formula is C88H112N8O12S4. The minimum absolute atomic E-state index is 0.147. The number of hydrogen-bond acceptors (Lipinski definition) is 16. The molecule has 0 fully saturated rings. The number of carbonyl (C=O) groups is 4. The van der Waals surface area contributed by atoms with E-state index in [9.17, 15) is 52.8 Å². The Bertz CT molecular complexity index is 5170. The quantitative estimate of drug-likeness (QED) is 0.0228. The predicted molar refractivity (Wildman–Crippen MR) is 453 cm³/mol. The molecule has 6 N–H and O–H groups in total. The van der Waals surface area contributed by atoms with Crippen molar-refractivity contribution in [3.05, 3.63) is 208 Å². The molecule has 0 saturated heterocycles. The normalized spacial score (nSPS) is 13.5. The number of anilines is 8. The van der Waals surface area contributed by atoms with Gasteiger partial charge in [0.1, 0.15) is 0 Å². The number of nitrogens with zero attached hydrogens (tertiary/aromatic N) is 2. The maximum atomic E-state index is 14.6. The molecule has 0 spiro atoms. The Morgan fingerprint density at radius 2 is 0.589 bits per heavy atom. The molecular weight excluding hydrogens is 1490 g/mol. The van der Waals surface area contributed by atoms with Crippen molar-refractivity contribution in [3.63, 3.8) is 0 Å². The van der Waals surface area contributed by atoms with Crippen LogP contribution in [0.2, 0.25) is 0 Å². The number of aryl methyl sites for hydroxylation is 8. The molecule has 112 heavy (non-hydrogen) atoms. The molecule has 0 amide bonds. The monoisotopic (exact) mass is 1600 g/mol. The molecule has 0 bridgehead atoms. The molecule has 2 aliphatic rings. The van der Waals surface area contributed by atoms with Crippen LogP contribution in [0, 0.1) is 55.4 Å². The third-order valence-corrected chi connectivity index (χ3v) is 29.3. The fourth-order valence-corrected chi connectivity index (χ4v) is 23.7. The molecule has 2 unspecified atom stereocenters. The van der Waals surface area contributed by atoms with Gasteiger partial charge in [-0.3, -0.25) is 19.2 Å². The highest BCUT2D eigenvalue weighted by Crippen LogP contribution is 2.46. The lowest BCUT2D eigenvalue weighted by Crippen LogP contribution is -2.33. The Labute approximate surface area is 665 Å². The summed E-state index contributed by atoms with van der Waals surface area (Å²) in [4.78, 5) is 59.1. The van der Waals surface area contributed by atoms with Gasteiger partial charge in [-0.15, -0.1) is 0 Å². The molecule has 0 aliphatic heterocycles. The molecule has 0 radical (unpaired) electrons. The van der Waals surface area contributed by atoms with Gasteiger partial charge in [-0.25, -0.2) is 43.1 Å². The Balaban J connectivity index is 0.000000257. The standard InChI is InChI=1S/2C44H56N4O6S2/c1-11-21-47(22-12-2)55(51,52)43-29(7)25-27(5)39(31(43)9)45-35-19-20-36(38-37(35)41(49)33-17-15-16-18-34(33)42(38)50)46-40-28(6)26-30(8)44(32(40)10)56(53,54)48(23-13-3)24-14-4;1-11-27(9)47-55(51,52)43-25(7)23-29(13-3)39(31(43)15-5)45-35-21-22-36(38-37(35)41(49)33-19-17-18-20-34(33)42(38)50)46-40-30(14-4)24-26(8)44(32(40)16-6)56(53,54)48-28(10)12-2/h15-20,25-26,45-46H,11-14,21-24H2,1-10H3;17-24,27-28,45-48H,11-16H2,1-10H3. The summed E-state index contributed by atoms with van der Waals surface area (Å²) >= 11 is 0. The number of carbonyl (C=O) groups excluding carboxylic acids is 4. The number of benzene rings is 8. The van der Waals surface area contributed by atoms with Crippen molar-refractivity contribution in [2.75, 3.05) is 47.4 Å². The van der Waals surface area contributed by atoms with Crippen molar-refractivity contribution < 1.29 is 52.8 Å². The first-order valence-corrected chi connectivity index (χ1v) is 45.2. The van der Waals surface area contributed by atoms with E-state index >= 15 is 0 Å². The van der Waals surface area contributed by atoms with E-state index in [-0.39, 0.29) is 99.3 Å². The van der Waals surface area contributed by atoms with Gasteiger partial charge < -0.3 is 21.3 Å². The second-order valence-electron chi connectivity index (χ2n) is 29.6. The first-order valence-electron chi connectivity index (χ1n) is 39.3. The Morgan fingerprint density at radius 1 is 0.330 bits per heavy atom. The van der Waals surface area contributed by atoms with Gasteiger partial charge in [-0.2, -0.15) is 8.61 Å². The zero-order valence-electron chi connectivity index (χ0n) is 68.7. The lowest BCUT2D eigenvalue weighted by Gasteiger charge is -2.28. The molecule has 8 aromatic rings. The molecule has 0 aromatic heterocycles. The van der Waals surface area contributed by atoms with Crippen molar-refractivity contribution in [2.45, 2.75) is 234 Å². The minimum atomic E-state index is -3.91. The van der Waals surface area contributed by atoms with Gasteiger partial charge in [-0.05, 0) is 224 Å². The van der Waals surface area contributed by atoms with E-state index in [2.05, 4.69) is 30.7 Å². The molecule has 8 aromatic carbocycles. The molecule has 20 nitrogen and oxygen atoms in total.